The normalized spacial score (nSPS) is 30.5. The van der Waals surface area contributed by atoms with Gasteiger partial charge in [0.1, 0.15) is 36.3 Å². The van der Waals surface area contributed by atoms with Gasteiger partial charge in [0, 0.05) is 24.1 Å². The number of aliphatic hydroxyl groups excluding tert-OH is 4. The summed E-state index contributed by atoms with van der Waals surface area (Å²) in [6.07, 6.45) is -4.08. The molecule has 2 fully saturated rings. The third-order valence-electron chi connectivity index (χ3n) is 6.19. The van der Waals surface area contributed by atoms with E-state index in [1.807, 2.05) is 24.3 Å². The molecule has 4 rings (SSSR count). The fourth-order valence-electron chi connectivity index (χ4n) is 4.31. The number of halogens is 1. The number of aliphatic hydroxyl groups is 4. The molecule has 0 spiro atoms. The Morgan fingerprint density at radius 3 is 2.58 bits per heavy atom. The molecule has 0 saturated carbocycles. The molecule has 0 aliphatic carbocycles. The van der Waals surface area contributed by atoms with Crippen molar-refractivity contribution in [2.45, 2.75) is 49.1 Å². The Hall–Kier alpha value is -1.75. The van der Waals surface area contributed by atoms with Crippen LogP contribution >= 0.6 is 11.6 Å². The van der Waals surface area contributed by atoms with Crippen molar-refractivity contribution in [3.8, 4) is 5.75 Å². The van der Waals surface area contributed by atoms with Crippen molar-refractivity contribution in [3.05, 3.63) is 64.2 Å². The first-order valence-electron chi connectivity index (χ1n) is 10.9. The molecule has 0 aromatic heterocycles. The van der Waals surface area contributed by atoms with E-state index in [1.54, 1.807) is 18.2 Å². The Morgan fingerprint density at radius 2 is 1.94 bits per heavy atom. The summed E-state index contributed by atoms with van der Waals surface area (Å²) in [6.45, 7) is 0.688. The molecule has 0 radical (unpaired) electrons. The molecule has 2 aliphatic heterocycles. The van der Waals surface area contributed by atoms with Crippen LogP contribution in [0.15, 0.2) is 42.5 Å². The van der Waals surface area contributed by atoms with Gasteiger partial charge in [0.2, 0.25) is 5.79 Å². The van der Waals surface area contributed by atoms with Gasteiger partial charge < -0.3 is 39.4 Å². The average molecular weight is 481 g/mol. The van der Waals surface area contributed by atoms with E-state index in [4.69, 9.17) is 30.5 Å². The molecule has 6 atom stereocenters. The van der Waals surface area contributed by atoms with Crippen LogP contribution in [0.2, 0.25) is 5.02 Å². The van der Waals surface area contributed by atoms with E-state index in [1.165, 1.54) is 7.11 Å². The molecule has 1 unspecified atom stereocenters. The molecule has 2 aliphatic rings. The number of hydrogen-bond donors (Lipinski definition) is 4. The van der Waals surface area contributed by atoms with Crippen LogP contribution < -0.4 is 4.74 Å². The second-order valence-corrected chi connectivity index (χ2v) is 8.78. The zero-order valence-corrected chi connectivity index (χ0v) is 19.0. The van der Waals surface area contributed by atoms with Crippen molar-refractivity contribution < 1.29 is 39.4 Å². The van der Waals surface area contributed by atoms with Gasteiger partial charge in [-0.25, -0.2) is 0 Å². The van der Waals surface area contributed by atoms with Crippen LogP contribution in [0.1, 0.15) is 23.1 Å². The number of rotatable bonds is 8. The van der Waals surface area contributed by atoms with E-state index < -0.39 is 36.8 Å². The van der Waals surface area contributed by atoms with E-state index >= 15 is 0 Å². The summed E-state index contributed by atoms with van der Waals surface area (Å²) in [7, 11) is 1.34. The minimum Gasteiger partial charge on any atom is -0.488 e. The predicted octanol–water partition coefficient (Wildman–Crippen LogP) is 1.37. The molecule has 8 nitrogen and oxygen atoms in total. The zero-order chi connectivity index (χ0) is 23.6. The summed E-state index contributed by atoms with van der Waals surface area (Å²) in [5.41, 5.74) is 2.20. The van der Waals surface area contributed by atoms with E-state index in [-0.39, 0.29) is 6.10 Å². The van der Waals surface area contributed by atoms with Crippen molar-refractivity contribution in [3.63, 3.8) is 0 Å². The molecule has 2 aromatic rings. The number of hydrogen-bond acceptors (Lipinski definition) is 8. The van der Waals surface area contributed by atoms with Crippen molar-refractivity contribution >= 4 is 11.6 Å². The summed E-state index contributed by atoms with van der Waals surface area (Å²) in [6, 6.07) is 12.8. The Kier molecular flexibility index (Phi) is 7.57. The minimum atomic E-state index is -1.72. The number of methoxy groups -OCH3 is 1. The van der Waals surface area contributed by atoms with Gasteiger partial charge in [-0.15, -0.1) is 0 Å². The highest BCUT2D eigenvalue weighted by Crippen LogP contribution is 2.42. The molecule has 9 heteroatoms. The lowest BCUT2D eigenvalue weighted by Crippen LogP contribution is -2.43. The van der Waals surface area contributed by atoms with Crippen LogP contribution in [-0.2, 0) is 26.4 Å². The first-order valence-corrected chi connectivity index (χ1v) is 11.3. The summed E-state index contributed by atoms with van der Waals surface area (Å²) in [5, 5.41) is 40.9. The van der Waals surface area contributed by atoms with Crippen LogP contribution in [0.5, 0.6) is 5.75 Å². The summed E-state index contributed by atoms with van der Waals surface area (Å²) in [5.74, 6) is -0.946. The monoisotopic (exact) mass is 480 g/mol. The summed E-state index contributed by atoms with van der Waals surface area (Å²) < 4.78 is 22.5. The third kappa shape index (κ3) is 4.89. The second kappa shape index (κ2) is 10.2. The van der Waals surface area contributed by atoms with Crippen molar-refractivity contribution in [1.82, 2.24) is 0 Å². The molecule has 2 saturated heterocycles. The van der Waals surface area contributed by atoms with E-state index in [9.17, 15) is 20.4 Å². The molecule has 2 heterocycles. The molecule has 0 amide bonds. The lowest BCUT2D eigenvalue weighted by molar-refractivity contribution is -0.263. The minimum absolute atomic E-state index is 0.0774. The molecule has 2 aromatic carbocycles. The smallest absolute Gasteiger partial charge is 0.224 e. The van der Waals surface area contributed by atoms with Gasteiger partial charge in [0.25, 0.3) is 0 Å². The third-order valence-corrected chi connectivity index (χ3v) is 6.56. The number of benzene rings is 2. The molecular weight excluding hydrogens is 452 g/mol. The van der Waals surface area contributed by atoms with Gasteiger partial charge in [0.05, 0.1) is 19.8 Å². The van der Waals surface area contributed by atoms with Crippen molar-refractivity contribution in [2.24, 2.45) is 0 Å². The van der Waals surface area contributed by atoms with Gasteiger partial charge in [-0.3, -0.25) is 0 Å². The second-order valence-electron chi connectivity index (χ2n) is 8.37. The van der Waals surface area contributed by atoms with Gasteiger partial charge in [-0.05, 0) is 41.8 Å². The van der Waals surface area contributed by atoms with Crippen LogP contribution in [-0.4, -0.2) is 77.9 Å². The maximum Gasteiger partial charge on any atom is 0.224 e. The highest BCUT2D eigenvalue weighted by molar-refractivity contribution is 6.31. The SMILES string of the molecule is CO[C@@]1(c2ccc(Cl)c(Cc3ccc(O[C@H]4CCOC4)cc3)c2)OC([C@H](O)CO)[C@H](O)[C@H]1O. The van der Waals surface area contributed by atoms with Gasteiger partial charge >= 0.3 is 0 Å². The van der Waals surface area contributed by atoms with Crippen molar-refractivity contribution in [1.29, 1.82) is 0 Å². The first kappa shape index (κ1) is 24.4. The largest absolute Gasteiger partial charge is 0.488 e. The lowest BCUT2D eigenvalue weighted by atomic mass is 9.94. The van der Waals surface area contributed by atoms with E-state index in [0.717, 1.165) is 29.9 Å². The lowest BCUT2D eigenvalue weighted by Gasteiger charge is -2.31. The fraction of sp³-hybridized carbons (Fsp3) is 0.500. The first-order chi connectivity index (χ1) is 15.9. The van der Waals surface area contributed by atoms with Gasteiger partial charge in [-0.2, -0.15) is 0 Å². The Bertz CT molecular complexity index is 933. The summed E-state index contributed by atoms with van der Waals surface area (Å²) >= 11 is 6.45. The maximum atomic E-state index is 10.7. The van der Waals surface area contributed by atoms with E-state index in [0.29, 0.717) is 23.6 Å². The maximum absolute atomic E-state index is 10.7. The standard InChI is InChI=1S/C24H29ClO8/c1-30-24(23(29)21(28)22(33-24)20(27)12-26)16-4-7-19(25)15(11-16)10-14-2-5-17(6-3-14)32-18-8-9-31-13-18/h2-7,11,18,20-23,26-29H,8-10,12-13H2,1H3/t18-,20+,21-,22?,23+,24-/m0/s1. The molecule has 180 valence electrons. The average Bonchev–Trinajstić information content (AvgIpc) is 3.43. The van der Waals surface area contributed by atoms with Crippen LogP contribution in [0.4, 0.5) is 0 Å². The Labute approximate surface area is 197 Å². The van der Waals surface area contributed by atoms with Gasteiger partial charge in [-0.1, -0.05) is 29.8 Å². The fourth-order valence-corrected chi connectivity index (χ4v) is 4.50. The highest BCUT2D eigenvalue weighted by atomic mass is 35.5. The molecule has 33 heavy (non-hydrogen) atoms. The molecule has 0 bridgehead atoms. The van der Waals surface area contributed by atoms with Gasteiger partial charge in [0.15, 0.2) is 0 Å². The molecule has 4 N–H and O–H groups in total. The Balaban J connectivity index is 1.55. The van der Waals surface area contributed by atoms with Crippen LogP contribution in [0.3, 0.4) is 0 Å². The van der Waals surface area contributed by atoms with E-state index in [2.05, 4.69) is 0 Å². The van der Waals surface area contributed by atoms with Crippen LogP contribution in [0, 0.1) is 0 Å². The summed E-state index contributed by atoms with van der Waals surface area (Å²) in [4.78, 5) is 0. The number of ether oxygens (including phenoxy) is 4. The Morgan fingerprint density at radius 1 is 1.18 bits per heavy atom. The quantitative estimate of drug-likeness (QED) is 0.447. The molecular formula is C24H29ClO8. The van der Waals surface area contributed by atoms with Crippen LogP contribution in [0.25, 0.3) is 0 Å². The predicted molar refractivity (Wildman–Crippen MR) is 119 cm³/mol. The van der Waals surface area contributed by atoms with Crippen molar-refractivity contribution in [2.75, 3.05) is 26.9 Å². The topological polar surface area (TPSA) is 118 Å². The highest BCUT2D eigenvalue weighted by Gasteiger charge is 2.57. The zero-order valence-electron chi connectivity index (χ0n) is 18.3.